The lowest BCUT2D eigenvalue weighted by atomic mass is 9.43. The number of nitrogens with zero attached hydrogens (tertiary/aromatic N) is 3. The van der Waals surface area contributed by atoms with Crippen LogP contribution >= 0.6 is 11.3 Å². The Balaban J connectivity index is 1.34. The number of rotatable bonds is 13. The van der Waals surface area contributed by atoms with Gasteiger partial charge in [0.2, 0.25) is 0 Å². The number of likely N-dealkylation sites (N-methyl/N-ethyl adjacent to an activating group) is 1. The predicted octanol–water partition coefficient (Wildman–Crippen LogP) is 5.73. The van der Waals surface area contributed by atoms with Gasteiger partial charge in [0.25, 0.3) is 0 Å². The number of amides is 4. The summed E-state index contributed by atoms with van der Waals surface area (Å²) in [4.78, 5) is 87.6. The van der Waals surface area contributed by atoms with Crippen LogP contribution in [0.4, 0.5) is 4.79 Å². The quantitative estimate of drug-likeness (QED) is 0.147. The van der Waals surface area contributed by atoms with Gasteiger partial charge in [-0.25, -0.2) is 14.6 Å². The van der Waals surface area contributed by atoms with Gasteiger partial charge in [0.05, 0.1) is 30.9 Å². The number of thiazole rings is 1. The number of esters is 2. The number of aromatic nitrogens is 1. The molecule has 2 aromatic rings. The highest BCUT2D eigenvalue weighted by Gasteiger charge is 2.68. The average Bonchev–Trinajstić information content (AvgIpc) is 3.76. The smallest absolute Gasteiger partial charge is 0.461 e. The summed E-state index contributed by atoms with van der Waals surface area (Å²) in [6.07, 6.45) is 1.42. The second-order valence-corrected chi connectivity index (χ2v) is 20.1. The number of ketones is 1. The molecule has 0 spiro atoms. The molecule has 3 aliphatic carbocycles. The number of urea groups is 1. The van der Waals surface area contributed by atoms with E-state index >= 15 is 0 Å². The zero-order valence-corrected chi connectivity index (χ0v) is 37.5. The Bertz CT molecular complexity index is 2020. The molecule has 1 aromatic heterocycles. The summed E-state index contributed by atoms with van der Waals surface area (Å²) in [5, 5.41) is 4.65. The van der Waals surface area contributed by atoms with E-state index in [2.05, 4.69) is 31.1 Å². The first-order chi connectivity index (χ1) is 27.9. The molecule has 17 heteroatoms. The van der Waals surface area contributed by atoms with Gasteiger partial charge >= 0.3 is 36.9 Å². The van der Waals surface area contributed by atoms with E-state index in [1.165, 1.54) is 12.0 Å². The first kappa shape index (κ1) is 45.2. The maximum Gasteiger partial charge on any atom is 0.461 e. The van der Waals surface area contributed by atoms with Crippen LogP contribution in [0.15, 0.2) is 23.6 Å². The van der Waals surface area contributed by atoms with Crippen molar-refractivity contribution in [3.8, 4) is 5.75 Å². The summed E-state index contributed by atoms with van der Waals surface area (Å²) in [7, 11) is 0.611. The van der Waals surface area contributed by atoms with E-state index in [9.17, 15) is 28.8 Å². The Labute approximate surface area is 356 Å². The summed E-state index contributed by atoms with van der Waals surface area (Å²) >= 11 is 1.13. The van der Waals surface area contributed by atoms with Crippen molar-refractivity contribution in [1.82, 2.24) is 20.1 Å². The number of benzene rings is 1. The number of carbonyl (C=O) groups excluding carboxylic acids is 6. The first-order valence-corrected chi connectivity index (χ1v) is 21.7. The lowest BCUT2D eigenvalue weighted by Gasteiger charge is -2.64. The molecule has 3 heterocycles. The number of methoxy groups -OCH3 is 1. The summed E-state index contributed by atoms with van der Waals surface area (Å²) in [6.45, 7) is 19.3. The molecule has 5 fully saturated rings. The fourth-order valence-electron chi connectivity index (χ4n) is 9.24. The number of carbonyl (C=O) groups is 6. The van der Waals surface area contributed by atoms with E-state index in [-0.39, 0.29) is 61.0 Å². The summed E-state index contributed by atoms with van der Waals surface area (Å²) in [6, 6.07) is 2.85. The molecule has 4 amide bonds. The highest BCUT2D eigenvalue weighted by atomic mass is 32.1. The highest BCUT2D eigenvalue weighted by Crippen LogP contribution is 2.66. The molecule has 15 nitrogen and oxygen atoms in total. The standard InChI is InChI=1S/C43H59BN4O11S/c1-12-47-16-17-48(37(52)36(47)51)39(54)46-34(28-23-60-32(45-28)22-33(50)56-40(2,3)4)29(49)21-26(44-58-31-20-25-19-30(42(25,8)9)43(31,10)59-44)18-24-14-13-15-27(35(24)55-11)38(53)57-41(5,6)7/h13-15,23,25-26,30-31,34H,12,16-22H2,1-11H3,(H,46,54)/t25-,26+,30-,31+,34?,43-/m0/s1. The molecule has 2 aliphatic heterocycles. The average molecular weight is 851 g/mol. The van der Waals surface area contributed by atoms with Crippen molar-refractivity contribution in [2.45, 2.75) is 136 Å². The molecule has 1 aromatic carbocycles. The van der Waals surface area contributed by atoms with Gasteiger partial charge in [-0.15, -0.1) is 11.3 Å². The number of hydrogen-bond acceptors (Lipinski definition) is 13. The number of Topliss-reactive ketones (excluding diaryl/α,β-unsaturated/α-hetero) is 1. The first-order valence-electron chi connectivity index (χ1n) is 20.8. The third-order valence-corrected chi connectivity index (χ3v) is 13.2. The molecular weight excluding hydrogens is 791 g/mol. The number of ether oxygens (including phenoxy) is 3. The van der Waals surface area contributed by atoms with Gasteiger partial charge in [-0.2, -0.15) is 0 Å². The van der Waals surface area contributed by atoms with Gasteiger partial charge in [0.15, 0.2) is 5.78 Å². The molecule has 0 radical (unpaired) electrons. The van der Waals surface area contributed by atoms with Crippen molar-refractivity contribution in [2.24, 2.45) is 17.3 Å². The van der Waals surface area contributed by atoms with Crippen LogP contribution in [0.1, 0.15) is 121 Å². The lowest BCUT2D eigenvalue weighted by molar-refractivity contribution is -0.199. The van der Waals surface area contributed by atoms with Crippen LogP contribution in [0.5, 0.6) is 5.75 Å². The maximum atomic E-state index is 14.9. The van der Waals surface area contributed by atoms with E-state index in [1.807, 2.05) is 6.07 Å². The van der Waals surface area contributed by atoms with E-state index < -0.39 is 71.3 Å². The molecule has 326 valence electrons. The van der Waals surface area contributed by atoms with Crippen molar-refractivity contribution >= 4 is 54.0 Å². The van der Waals surface area contributed by atoms with Crippen molar-refractivity contribution in [1.29, 1.82) is 0 Å². The summed E-state index contributed by atoms with van der Waals surface area (Å²) in [5.74, 6) is -3.04. The minimum atomic E-state index is -1.39. The van der Waals surface area contributed by atoms with E-state index in [0.717, 1.165) is 29.1 Å². The van der Waals surface area contributed by atoms with E-state index in [1.54, 1.807) is 66.0 Å². The van der Waals surface area contributed by atoms with Crippen LogP contribution in [-0.2, 0) is 50.8 Å². The lowest BCUT2D eigenvalue weighted by Crippen LogP contribution is -2.65. The SMILES string of the molecule is CCN1CCN(C(=O)NC(C(=O)C[C@@H](Cc2cccc(C(=O)OC(C)(C)C)c2OC)B2O[C@@H]3C[C@@H]4C[C@@H](C4(C)C)[C@]3(C)O2)c2csc(CC(=O)OC(C)(C)C)n2)C(=O)C1=O. The number of hydrogen-bond donors (Lipinski definition) is 1. The van der Waals surface area contributed by atoms with Crippen LogP contribution in [0.25, 0.3) is 0 Å². The van der Waals surface area contributed by atoms with Gasteiger partial charge in [0.1, 0.15) is 33.6 Å². The van der Waals surface area contributed by atoms with E-state index in [0.29, 0.717) is 28.8 Å². The zero-order chi connectivity index (χ0) is 44.1. The minimum Gasteiger partial charge on any atom is -0.496 e. The molecule has 1 N–H and O–H groups in total. The van der Waals surface area contributed by atoms with Crippen molar-refractivity contribution in [2.75, 3.05) is 26.7 Å². The number of para-hydroxylation sites is 1. The number of piperazine rings is 1. The second-order valence-electron chi connectivity index (χ2n) is 19.1. The van der Waals surface area contributed by atoms with Crippen molar-refractivity contribution in [3.63, 3.8) is 0 Å². The second kappa shape index (κ2) is 16.8. The van der Waals surface area contributed by atoms with E-state index in [4.69, 9.17) is 23.5 Å². The van der Waals surface area contributed by atoms with Gasteiger partial charge in [-0.1, -0.05) is 26.0 Å². The molecule has 5 aliphatic rings. The van der Waals surface area contributed by atoms with Crippen LogP contribution in [0, 0.1) is 17.3 Å². The van der Waals surface area contributed by atoms with Crippen molar-refractivity contribution in [3.05, 3.63) is 45.4 Å². The van der Waals surface area contributed by atoms with Crippen molar-refractivity contribution < 1.29 is 52.3 Å². The molecule has 7 rings (SSSR count). The Morgan fingerprint density at radius 2 is 1.72 bits per heavy atom. The fraction of sp³-hybridized carbons (Fsp3) is 0.651. The molecule has 2 saturated heterocycles. The van der Waals surface area contributed by atoms with Gasteiger partial charge in [0, 0.05) is 37.3 Å². The largest absolute Gasteiger partial charge is 0.496 e. The number of imide groups is 1. The molecule has 60 heavy (non-hydrogen) atoms. The fourth-order valence-corrected chi connectivity index (χ4v) is 10.0. The van der Waals surface area contributed by atoms with Crippen LogP contribution in [0.2, 0.25) is 5.82 Å². The van der Waals surface area contributed by atoms with Gasteiger partial charge < -0.3 is 33.7 Å². The topological polar surface area (TPSA) is 180 Å². The maximum absolute atomic E-state index is 14.9. The van der Waals surface area contributed by atoms with Crippen LogP contribution in [0.3, 0.4) is 0 Å². The summed E-state index contributed by atoms with van der Waals surface area (Å²) < 4.78 is 30.7. The molecule has 2 bridgehead atoms. The van der Waals surface area contributed by atoms with Crippen LogP contribution in [-0.4, -0.2) is 107 Å². The minimum absolute atomic E-state index is 0.0538. The molecular formula is C43H59BN4O11S. The van der Waals surface area contributed by atoms with Gasteiger partial charge in [-0.05, 0) is 104 Å². The third kappa shape index (κ3) is 9.27. The highest BCUT2D eigenvalue weighted by molar-refractivity contribution is 7.09. The third-order valence-electron chi connectivity index (χ3n) is 12.3. The monoisotopic (exact) mass is 850 g/mol. The Morgan fingerprint density at radius 1 is 1.02 bits per heavy atom. The Morgan fingerprint density at radius 3 is 2.35 bits per heavy atom. The number of nitrogens with one attached hydrogen (secondary N) is 1. The zero-order valence-electron chi connectivity index (χ0n) is 36.7. The molecule has 6 atom stereocenters. The molecule has 1 unspecified atom stereocenters. The van der Waals surface area contributed by atoms with Crippen LogP contribution < -0.4 is 10.1 Å². The predicted molar refractivity (Wildman–Crippen MR) is 222 cm³/mol. The summed E-state index contributed by atoms with van der Waals surface area (Å²) in [5.41, 5.74) is -1.06. The van der Waals surface area contributed by atoms with Gasteiger partial charge in [-0.3, -0.25) is 24.1 Å². The Hall–Kier alpha value is -4.35. The molecule has 3 saturated carbocycles. The Kier molecular flexibility index (Phi) is 12.7. The normalized spacial score (nSPS) is 24.6.